The van der Waals surface area contributed by atoms with E-state index in [4.69, 9.17) is 10.5 Å². The molecule has 23 heavy (non-hydrogen) atoms. The maximum absolute atomic E-state index is 12.3. The Bertz CT molecular complexity index is 497. The van der Waals surface area contributed by atoms with Gasteiger partial charge in [0, 0.05) is 31.0 Å². The lowest BCUT2D eigenvalue weighted by atomic mass is 9.89. The summed E-state index contributed by atoms with van der Waals surface area (Å²) in [6.07, 6.45) is 4.99. The van der Waals surface area contributed by atoms with E-state index >= 15 is 0 Å². The van der Waals surface area contributed by atoms with Gasteiger partial charge in [-0.2, -0.15) is 0 Å². The van der Waals surface area contributed by atoms with Gasteiger partial charge in [-0.3, -0.25) is 4.79 Å². The zero-order chi connectivity index (χ0) is 15.4. The number of nitrogens with two attached hydrogens (primary N) is 1. The summed E-state index contributed by atoms with van der Waals surface area (Å²) in [7, 11) is 0. The maximum Gasteiger partial charge on any atom is 0.223 e. The second-order valence-electron chi connectivity index (χ2n) is 6.62. The van der Waals surface area contributed by atoms with Gasteiger partial charge < -0.3 is 15.8 Å². The first-order chi connectivity index (χ1) is 10.7. The molecule has 1 saturated heterocycles. The van der Waals surface area contributed by atoms with Crippen molar-refractivity contribution >= 4 is 18.3 Å². The van der Waals surface area contributed by atoms with Gasteiger partial charge >= 0.3 is 0 Å². The number of carbonyl (C=O) groups excluding carboxylic acids is 1. The van der Waals surface area contributed by atoms with Crippen LogP contribution >= 0.6 is 12.4 Å². The number of rotatable bonds is 4. The summed E-state index contributed by atoms with van der Waals surface area (Å²) in [5.41, 5.74) is 7.11. The number of halogens is 1. The van der Waals surface area contributed by atoms with Gasteiger partial charge in [-0.15, -0.1) is 12.4 Å². The fourth-order valence-corrected chi connectivity index (χ4v) is 3.69. The van der Waals surface area contributed by atoms with Crippen molar-refractivity contribution in [1.29, 1.82) is 0 Å². The summed E-state index contributed by atoms with van der Waals surface area (Å²) in [6.45, 7) is 1.51. The molecular weight excluding hydrogens is 312 g/mol. The smallest absolute Gasteiger partial charge is 0.223 e. The molecule has 1 saturated carbocycles. The Balaban J connectivity index is 0.00000192. The fourth-order valence-electron chi connectivity index (χ4n) is 3.69. The van der Waals surface area contributed by atoms with Gasteiger partial charge in [0.25, 0.3) is 0 Å². The Morgan fingerprint density at radius 2 is 2.00 bits per heavy atom. The second-order valence-corrected chi connectivity index (χ2v) is 6.62. The van der Waals surface area contributed by atoms with Crippen LogP contribution in [0.4, 0.5) is 0 Å². The highest BCUT2D eigenvalue weighted by atomic mass is 35.5. The van der Waals surface area contributed by atoms with Gasteiger partial charge in [-0.05, 0) is 37.7 Å². The van der Waals surface area contributed by atoms with Crippen molar-refractivity contribution in [3.05, 3.63) is 35.9 Å². The Labute approximate surface area is 144 Å². The number of hydrogen-bond acceptors (Lipinski definition) is 3. The Morgan fingerprint density at radius 1 is 1.22 bits per heavy atom. The van der Waals surface area contributed by atoms with Gasteiger partial charge in [0.2, 0.25) is 5.91 Å². The Morgan fingerprint density at radius 3 is 2.70 bits per heavy atom. The highest BCUT2D eigenvalue weighted by Crippen LogP contribution is 2.33. The first-order valence-electron chi connectivity index (χ1n) is 8.44. The van der Waals surface area contributed by atoms with Crippen LogP contribution in [0.2, 0.25) is 0 Å². The van der Waals surface area contributed by atoms with E-state index in [2.05, 4.69) is 17.4 Å². The quantitative estimate of drug-likeness (QED) is 0.887. The standard InChI is InChI=1S/C18H26N2O2.ClH/c19-16-9-8-14(11-16)18(21)20-12-15-7-4-10-22-17(15)13-5-2-1-3-6-13;/h1-3,5-6,14-17H,4,7-12,19H2,(H,20,21);1H. The summed E-state index contributed by atoms with van der Waals surface area (Å²) in [5.74, 6) is 0.634. The van der Waals surface area contributed by atoms with Crippen LogP contribution < -0.4 is 11.1 Å². The lowest BCUT2D eigenvalue weighted by Crippen LogP contribution is -2.37. The van der Waals surface area contributed by atoms with E-state index < -0.39 is 0 Å². The van der Waals surface area contributed by atoms with Crippen LogP contribution in [-0.4, -0.2) is 25.1 Å². The van der Waals surface area contributed by atoms with Crippen molar-refractivity contribution in [2.45, 2.75) is 44.2 Å². The van der Waals surface area contributed by atoms with Crippen LogP contribution in [0, 0.1) is 11.8 Å². The van der Waals surface area contributed by atoms with Gasteiger partial charge in [0.15, 0.2) is 0 Å². The molecule has 2 fully saturated rings. The van der Waals surface area contributed by atoms with Crippen LogP contribution in [0.1, 0.15) is 43.8 Å². The third kappa shape index (κ3) is 4.69. The van der Waals surface area contributed by atoms with Crippen molar-refractivity contribution in [2.75, 3.05) is 13.2 Å². The molecule has 0 radical (unpaired) electrons. The molecule has 1 heterocycles. The van der Waals surface area contributed by atoms with Crippen LogP contribution in [0.3, 0.4) is 0 Å². The molecule has 4 atom stereocenters. The average Bonchev–Trinajstić information content (AvgIpc) is 3.00. The molecule has 128 valence electrons. The zero-order valence-corrected chi connectivity index (χ0v) is 14.3. The average molecular weight is 339 g/mol. The Kier molecular flexibility index (Phi) is 6.88. The van der Waals surface area contributed by atoms with Gasteiger partial charge in [0.05, 0.1) is 6.10 Å². The van der Waals surface area contributed by atoms with E-state index in [1.54, 1.807) is 0 Å². The highest BCUT2D eigenvalue weighted by Gasteiger charge is 2.31. The van der Waals surface area contributed by atoms with Crippen molar-refractivity contribution in [2.24, 2.45) is 17.6 Å². The molecule has 0 spiro atoms. The molecule has 1 aliphatic heterocycles. The van der Waals surface area contributed by atoms with E-state index in [1.165, 1.54) is 5.56 Å². The van der Waals surface area contributed by atoms with Gasteiger partial charge in [0.1, 0.15) is 0 Å². The Hall–Kier alpha value is -1.10. The summed E-state index contributed by atoms with van der Waals surface area (Å²) >= 11 is 0. The van der Waals surface area contributed by atoms with Crippen LogP contribution in [0.25, 0.3) is 0 Å². The lowest BCUT2D eigenvalue weighted by Gasteiger charge is -2.32. The first kappa shape index (κ1) is 18.2. The van der Waals surface area contributed by atoms with Crippen molar-refractivity contribution in [3.8, 4) is 0 Å². The largest absolute Gasteiger partial charge is 0.373 e. The van der Waals surface area contributed by atoms with Crippen LogP contribution in [0.5, 0.6) is 0 Å². The lowest BCUT2D eigenvalue weighted by molar-refractivity contribution is -0.125. The van der Waals surface area contributed by atoms with Crippen LogP contribution in [-0.2, 0) is 9.53 Å². The summed E-state index contributed by atoms with van der Waals surface area (Å²) in [6, 6.07) is 10.5. The molecule has 2 aliphatic rings. The third-order valence-corrected chi connectivity index (χ3v) is 4.96. The minimum absolute atomic E-state index is 0. The molecule has 4 unspecified atom stereocenters. The molecule has 5 heteroatoms. The maximum atomic E-state index is 12.3. The molecule has 4 nitrogen and oxygen atoms in total. The van der Waals surface area contributed by atoms with E-state index in [9.17, 15) is 4.79 Å². The second kappa shape index (κ2) is 8.67. The number of amides is 1. The molecule has 1 aromatic carbocycles. The van der Waals surface area contributed by atoms with E-state index in [0.29, 0.717) is 12.5 Å². The van der Waals surface area contributed by atoms with Crippen molar-refractivity contribution in [3.63, 3.8) is 0 Å². The van der Waals surface area contributed by atoms with Crippen molar-refractivity contribution in [1.82, 2.24) is 5.32 Å². The summed E-state index contributed by atoms with van der Waals surface area (Å²) in [5, 5.41) is 3.14. The molecular formula is C18H27ClN2O2. The number of hydrogen-bond donors (Lipinski definition) is 2. The molecule has 1 aliphatic carbocycles. The monoisotopic (exact) mass is 338 g/mol. The SMILES string of the molecule is Cl.NC1CCC(C(=O)NCC2CCCOC2c2ccccc2)C1. The van der Waals surface area contributed by atoms with Crippen molar-refractivity contribution < 1.29 is 9.53 Å². The minimum Gasteiger partial charge on any atom is -0.373 e. The number of ether oxygens (including phenoxy) is 1. The van der Waals surface area contributed by atoms with E-state index in [-0.39, 0.29) is 36.4 Å². The third-order valence-electron chi connectivity index (χ3n) is 4.96. The molecule has 0 bridgehead atoms. The zero-order valence-electron chi connectivity index (χ0n) is 13.4. The van der Waals surface area contributed by atoms with E-state index in [0.717, 1.165) is 38.7 Å². The summed E-state index contributed by atoms with van der Waals surface area (Å²) < 4.78 is 5.98. The topological polar surface area (TPSA) is 64.4 Å². The molecule has 3 rings (SSSR count). The first-order valence-corrected chi connectivity index (χ1v) is 8.44. The predicted molar refractivity (Wildman–Crippen MR) is 93.4 cm³/mol. The number of nitrogens with one attached hydrogen (secondary N) is 1. The normalized spacial score (nSPS) is 30.5. The van der Waals surface area contributed by atoms with Gasteiger partial charge in [-0.1, -0.05) is 30.3 Å². The van der Waals surface area contributed by atoms with Crippen LogP contribution in [0.15, 0.2) is 30.3 Å². The molecule has 0 aromatic heterocycles. The molecule has 1 amide bonds. The fraction of sp³-hybridized carbons (Fsp3) is 0.611. The van der Waals surface area contributed by atoms with Gasteiger partial charge in [-0.25, -0.2) is 0 Å². The molecule has 3 N–H and O–H groups in total. The number of benzene rings is 1. The molecule has 1 aromatic rings. The summed E-state index contributed by atoms with van der Waals surface area (Å²) in [4.78, 5) is 12.3. The van der Waals surface area contributed by atoms with E-state index in [1.807, 2.05) is 18.2 Å². The predicted octanol–water partition coefficient (Wildman–Crippen LogP) is 2.82. The highest BCUT2D eigenvalue weighted by molar-refractivity contribution is 5.85. The minimum atomic E-state index is 0. The number of carbonyl (C=O) groups is 1.